The van der Waals surface area contributed by atoms with Gasteiger partial charge in [0, 0.05) is 19.4 Å². The Morgan fingerprint density at radius 1 is 1.29 bits per heavy atom. The van der Waals surface area contributed by atoms with Crippen molar-refractivity contribution in [2.45, 2.75) is 13.0 Å². The van der Waals surface area contributed by atoms with E-state index in [0.717, 1.165) is 5.56 Å². The third-order valence-corrected chi connectivity index (χ3v) is 3.72. The number of ether oxygens (including phenoxy) is 1. The number of nitriles is 1. The molecular formula is C18H20N4O2. The molecule has 0 saturated heterocycles. The van der Waals surface area contributed by atoms with Crippen molar-refractivity contribution in [3.8, 4) is 11.8 Å². The first-order chi connectivity index (χ1) is 11.6. The molecule has 0 bridgehead atoms. The van der Waals surface area contributed by atoms with Gasteiger partial charge >= 0.3 is 6.03 Å². The first-order valence-corrected chi connectivity index (χ1v) is 7.65. The van der Waals surface area contributed by atoms with Gasteiger partial charge in [-0.15, -0.1) is 0 Å². The van der Waals surface area contributed by atoms with Crippen molar-refractivity contribution in [1.82, 2.24) is 15.2 Å². The van der Waals surface area contributed by atoms with Crippen molar-refractivity contribution in [2.24, 2.45) is 0 Å². The fraction of sp³-hybridized carbons (Fsp3) is 0.278. The zero-order valence-electron chi connectivity index (χ0n) is 13.8. The Morgan fingerprint density at radius 2 is 1.96 bits per heavy atom. The van der Waals surface area contributed by atoms with E-state index in [4.69, 9.17) is 10.00 Å². The predicted molar refractivity (Wildman–Crippen MR) is 90.5 cm³/mol. The van der Waals surface area contributed by atoms with Crippen molar-refractivity contribution >= 4 is 6.03 Å². The molecule has 6 nitrogen and oxygen atoms in total. The molecule has 0 saturated carbocycles. The number of carbonyl (C=O) groups is 1. The van der Waals surface area contributed by atoms with Crippen molar-refractivity contribution in [3.05, 3.63) is 59.9 Å². The highest BCUT2D eigenvalue weighted by Gasteiger charge is 2.16. The van der Waals surface area contributed by atoms with Crippen molar-refractivity contribution in [3.63, 3.8) is 0 Å². The van der Waals surface area contributed by atoms with Crippen molar-refractivity contribution < 1.29 is 9.53 Å². The fourth-order valence-corrected chi connectivity index (χ4v) is 2.12. The van der Waals surface area contributed by atoms with E-state index >= 15 is 0 Å². The molecule has 2 rings (SSSR count). The maximum atomic E-state index is 12.2. The molecule has 24 heavy (non-hydrogen) atoms. The number of aromatic nitrogens is 1. The Labute approximate surface area is 141 Å². The summed E-state index contributed by atoms with van der Waals surface area (Å²) in [6.45, 7) is 2.71. The molecule has 0 aliphatic rings. The number of nitrogens with one attached hydrogen (secondary N) is 1. The summed E-state index contributed by atoms with van der Waals surface area (Å²) < 4.78 is 5.53. The van der Waals surface area contributed by atoms with Crippen LogP contribution in [0.4, 0.5) is 4.79 Å². The zero-order chi connectivity index (χ0) is 17.4. The number of amides is 2. The van der Waals surface area contributed by atoms with E-state index < -0.39 is 0 Å². The molecule has 2 aromatic rings. The summed E-state index contributed by atoms with van der Waals surface area (Å²) in [7, 11) is 1.75. The van der Waals surface area contributed by atoms with Gasteiger partial charge < -0.3 is 15.0 Å². The molecule has 1 aromatic heterocycles. The van der Waals surface area contributed by atoms with Gasteiger partial charge in [-0.25, -0.2) is 4.79 Å². The van der Waals surface area contributed by atoms with E-state index in [0.29, 0.717) is 24.5 Å². The molecule has 1 N–H and O–H groups in total. The van der Waals surface area contributed by atoms with Gasteiger partial charge in [-0.05, 0) is 48.9 Å². The van der Waals surface area contributed by atoms with Crippen LogP contribution in [0.5, 0.6) is 5.75 Å². The van der Waals surface area contributed by atoms with Gasteiger partial charge in [0.25, 0.3) is 0 Å². The van der Waals surface area contributed by atoms with Gasteiger partial charge in [0.2, 0.25) is 0 Å². The third kappa shape index (κ3) is 4.71. The van der Waals surface area contributed by atoms with Crippen LogP contribution in [0.1, 0.15) is 24.1 Å². The van der Waals surface area contributed by atoms with Crippen LogP contribution in [0.2, 0.25) is 0 Å². The van der Waals surface area contributed by atoms with E-state index in [9.17, 15) is 4.79 Å². The van der Waals surface area contributed by atoms with Gasteiger partial charge in [0.05, 0.1) is 24.2 Å². The predicted octanol–water partition coefficient (Wildman–Crippen LogP) is 2.73. The number of nitrogens with zero attached hydrogens (tertiary/aromatic N) is 3. The highest BCUT2D eigenvalue weighted by atomic mass is 16.5. The monoisotopic (exact) mass is 324 g/mol. The normalized spacial score (nSPS) is 11.2. The van der Waals surface area contributed by atoms with Crippen LogP contribution in [0, 0.1) is 11.3 Å². The molecule has 124 valence electrons. The molecule has 0 aliphatic carbocycles. The first-order valence-electron chi connectivity index (χ1n) is 7.65. The highest BCUT2D eigenvalue weighted by molar-refractivity contribution is 5.74. The smallest absolute Gasteiger partial charge is 0.317 e. The minimum atomic E-state index is -0.164. The third-order valence-electron chi connectivity index (χ3n) is 3.72. The molecule has 1 heterocycles. The number of benzene rings is 1. The van der Waals surface area contributed by atoms with E-state index in [-0.39, 0.29) is 12.1 Å². The summed E-state index contributed by atoms with van der Waals surface area (Å²) in [5, 5.41) is 11.6. The van der Waals surface area contributed by atoms with Gasteiger partial charge in [-0.1, -0.05) is 0 Å². The SMILES string of the molecule is C[C@H](c1ccncc1)N(C)C(=O)NCCOc1ccc(C#N)cc1. The van der Waals surface area contributed by atoms with E-state index in [1.54, 1.807) is 48.6 Å². The van der Waals surface area contributed by atoms with Crippen LogP contribution >= 0.6 is 0 Å². The average Bonchev–Trinajstić information content (AvgIpc) is 2.65. The van der Waals surface area contributed by atoms with Gasteiger partial charge in [-0.2, -0.15) is 5.26 Å². The average molecular weight is 324 g/mol. The molecule has 6 heteroatoms. The molecule has 0 fully saturated rings. The number of pyridine rings is 1. The molecule has 1 atom stereocenters. The summed E-state index contributed by atoms with van der Waals surface area (Å²) >= 11 is 0. The number of hydrogen-bond donors (Lipinski definition) is 1. The number of urea groups is 1. The minimum absolute atomic E-state index is 0.0487. The van der Waals surface area contributed by atoms with Crippen LogP contribution in [0.15, 0.2) is 48.8 Å². The lowest BCUT2D eigenvalue weighted by atomic mass is 10.1. The maximum absolute atomic E-state index is 12.2. The Kier molecular flexibility index (Phi) is 6.15. The van der Waals surface area contributed by atoms with Crippen LogP contribution in [-0.4, -0.2) is 36.1 Å². The summed E-state index contributed by atoms with van der Waals surface area (Å²) in [4.78, 5) is 17.8. The quantitative estimate of drug-likeness (QED) is 0.829. The molecule has 0 radical (unpaired) electrons. The van der Waals surface area contributed by atoms with Crippen LogP contribution < -0.4 is 10.1 Å². The number of rotatable bonds is 6. The summed E-state index contributed by atoms with van der Waals surface area (Å²) in [6, 6.07) is 12.5. The summed E-state index contributed by atoms with van der Waals surface area (Å²) in [5.74, 6) is 0.668. The van der Waals surface area contributed by atoms with Crippen LogP contribution in [0.25, 0.3) is 0 Å². The molecule has 0 aliphatic heterocycles. The Bertz CT molecular complexity index is 695. The maximum Gasteiger partial charge on any atom is 0.317 e. The van der Waals surface area contributed by atoms with Crippen molar-refractivity contribution in [2.75, 3.05) is 20.2 Å². The topological polar surface area (TPSA) is 78.2 Å². The first kappa shape index (κ1) is 17.3. The molecule has 0 spiro atoms. The van der Waals surface area contributed by atoms with E-state index in [1.165, 1.54) is 0 Å². The fourth-order valence-electron chi connectivity index (χ4n) is 2.12. The number of carbonyl (C=O) groups excluding carboxylic acids is 1. The second kappa shape index (κ2) is 8.53. The van der Waals surface area contributed by atoms with Crippen LogP contribution in [0.3, 0.4) is 0 Å². The standard InChI is InChI=1S/C18H20N4O2/c1-14(16-7-9-20-10-8-16)22(2)18(23)21-11-12-24-17-5-3-15(13-19)4-6-17/h3-10,14H,11-12H2,1-2H3,(H,21,23)/t14-/m1/s1. The molecule has 1 aromatic carbocycles. The van der Waals surface area contributed by atoms with Gasteiger partial charge in [0.1, 0.15) is 12.4 Å². The zero-order valence-corrected chi connectivity index (χ0v) is 13.8. The largest absolute Gasteiger partial charge is 0.492 e. The van der Waals surface area contributed by atoms with E-state index in [1.807, 2.05) is 19.1 Å². The minimum Gasteiger partial charge on any atom is -0.492 e. The molecule has 0 unspecified atom stereocenters. The van der Waals surface area contributed by atoms with Crippen LogP contribution in [-0.2, 0) is 0 Å². The lowest BCUT2D eigenvalue weighted by molar-refractivity contribution is 0.191. The van der Waals surface area contributed by atoms with Crippen molar-refractivity contribution in [1.29, 1.82) is 5.26 Å². The highest BCUT2D eigenvalue weighted by Crippen LogP contribution is 2.17. The van der Waals surface area contributed by atoms with E-state index in [2.05, 4.69) is 16.4 Å². The second-order valence-electron chi connectivity index (χ2n) is 5.28. The summed E-state index contributed by atoms with van der Waals surface area (Å²) in [6.07, 6.45) is 3.42. The second-order valence-corrected chi connectivity index (χ2v) is 5.28. The van der Waals surface area contributed by atoms with Gasteiger partial charge in [-0.3, -0.25) is 4.98 Å². The lowest BCUT2D eigenvalue weighted by Crippen LogP contribution is -2.40. The Morgan fingerprint density at radius 3 is 2.58 bits per heavy atom. The Balaban J connectivity index is 1.75. The number of hydrogen-bond acceptors (Lipinski definition) is 4. The van der Waals surface area contributed by atoms with Gasteiger partial charge in [0.15, 0.2) is 0 Å². The Hall–Kier alpha value is -3.07. The lowest BCUT2D eigenvalue weighted by Gasteiger charge is -2.25. The molecular weight excluding hydrogens is 304 g/mol. The molecule has 2 amide bonds. The summed E-state index contributed by atoms with van der Waals surface area (Å²) in [5.41, 5.74) is 1.61.